The molecule has 66 heavy (non-hydrogen) atoms. The van der Waals surface area contributed by atoms with E-state index in [0.717, 1.165) is 83.5 Å². The van der Waals surface area contributed by atoms with Crippen molar-refractivity contribution in [2.75, 3.05) is 13.2 Å². The summed E-state index contributed by atoms with van der Waals surface area (Å²) in [5.74, 6) is -1.33. The highest BCUT2D eigenvalue weighted by atomic mass is 31.2. The molecular weight excluding hydrogens is 898 g/mol. The van der Waals surface area contributed by atoms with Gasteiger partial charge < -0.3 is 49.3 Å². The fourth-order valence-electron chi connectivity index (χ4n) is 6.66. The van der Waals surface area contributed by atoms with Crippen LogP contribution in [-0.2, 0) is 46.5 Å². The minimum absolute atomic E-state index is 0.0815. The van der Waals surface area contributed by atoms with Gasteiger partial charge in [0.25, 0.3) is 0 Å². The van der Waals surface area contributed by atoms with Gasteiger partial charge in [0, 0.05) is 12.8 Å². The highest BCUT2D eigenvalue weighted by Gasteiger charge is 2.54. The molecule has 0 radical (unpaired) electrons. The Kier molecular flexibility index (Phi) is 30.9. The lowest BCUT2D eigenvalue weighted by atomic mass is 9.85. The van der Waals surface area contributed by atoms with Crippen molar-refractivity contribution in [3.05, 3.63) is 85.1 Å². The Hall–Kier alpha value is -2.86. The molecule has 0 amide bonds. The van der Waals surface area contributed by atoms with Gasteiger partial charge in [0.2, 0.25) is 0 Å². The molecule has 17 nitrogen and oxygen atoms in total. The maximum atomic E-state index is 13.0. The van der Waals surface area contributed by atoms with Gasteiger partial charge in [0.1, 0.15) is 43.2 Å². The molecule has 1 aliphatic heterocycles. The van der Waals surface area contributed by atoms with Crippen LogP contribution in [0.1, 0.15) is 129 Å². The number of carbonyl (C=O) groups excluding carboxylic acids is 2. The van der Waals surface area contributed by atoms with Gasteiger partial charge in [-0.05, 0) is 77.0 Å². The van der Waals surface area contributed by atoms with Crippen molar-refractivity contribution in [3.8, 4) is 0 Å². The van der Waals surface area contributed by atoms with Gasteiger partial charge in [-0.2, -0.15) is 0 Å². The van der Waals surface area contributed by atoms with Gasteiger partial charge in [-0.15, -0.1) is 0 Å². The summed E-state index contributed by atoms with van der Waals surface area (Å²) in [4.78, 5) is 54.2. The number of epoxide rings is 1. The second-order valence-electron chi connectivity index (χ2n) is 16.1. The van der Waals surface area contributed by atoms with Crippen molar-refractivity contribution in [1.82, 2.24) is 0 Å². The quantitative estimate of drug-likeness (QED) is 0.0105. The summed E-state index contributed by atoms with van der Waals surface area (Å²) in [5.41, 5.74) is 0. The molecule has 1 saturated carbocycles. The van der Waals surface area contributed by atoms with Crippen LogP contribution in [-0.4, -0.2) is 115 Å². The number of aliphatic hydroxyl groups excluding tert-OH is 4. The van der Waals surface area contributed by atoms with Crippen molar-refractivity contribution in [2.45, 2.75) is 184 Å². The summed E-state index contributed by atoms with van der Waals surface area (Å²) in [6.07, 6.45) is 28.9. The maximum absolute atomic E-state index is 13.0. The zero-order valence-corrected chi connectivity index (χ0v) is 40.3. The van der Waals surface area contributed by atoms with Gasteiger partial charge in [0.15, 0.2) is 6.10 Å². The van der Waals surface area contributed by atoms with Gasteiger partial charge in [-0.3, -0.25) is 23.2 Å². The Morgan fingerprint density at radius 2 is 1.08 bits per heavy atom. The highest BCUT2D eigenvalue weighted by molar-refractivity contribution is 7.47. The zero-order chi connectivity index (χ0) is 48.6. The van der Waals surface area contributed by atoms with Crippen molar-refractivity contribution < 1.29 is 81.6 Å². The summed E-state index contributed by atoms with van der Waals surface area (Å²) in [5, 5.41) is 41.2. The predicted octanol–water partition coefficient (Wildman–Crippen LogP) is 7.60. The van der Waals surface area contributed by atoms with E-state index in [-0.39, 0.29) is 12.8 Å². The van der Waals surface area contributed by atoms with Crippen LogP contribution in [0.3, 0.4) is 0 Å². The molecule has 2 fully saturated rings. The average Bonchev–Trinajstić information content (AvgIpc) is 4.03. The maximum Gasteiger partial charge on any atom is 0.472 e. The molecule has 7 N–H and O–H groups in total. The first-order valence-corrected chi connectivity index (χ1v) is 26.3. The molecule has 0 bridgehead atoms. The van der Waals surface area contributed by atoms with Crippen LogP contribution in [0.4, 0.5) is 0 Å². The number of hydrogen-bond donors (Lipinski definition) is 7. The largest absolute Gasteiger partial charge is 0.472 e. The van der Waals surface area contributed by atoms with Crippen molar-refractivity contribution in [2.24, 2.45) is 0 Å². The van der Waals surface area contributed by atoms with E-state index >= 15 is 0 Å². The van der Waals surface area contributed by atoms with Gasteiger partial charge in [0.05, 0.1) is 18.8 Å². The lowest BCUT2D eigenvalue weighted by molar-refractivity contribution is -0.216. The Morgan fingerprint density at radius 1 is 0.561 bits per heavy atom. The topological polar surface area (TPSA) is 269 Å². The van der Waals surface area contributed by atoms with Crippen LogP contribution >= 0.6 is 15.6 Å². The van der Waals surface area contributed by atoms with Crippen LogP contribution in [0.5, 0.6) is 0 Å². The predicted molar refractivity (Wildman–Crippen MR) is 250 cm³/mol. The number of ether oxygens (including phenoxy) is 3. The van der Waals surface area contributed by atoms with Gasteiger partial charge in [-0.1, -0.05) is 125 Å². The molecule has 19 heteroatoms. The summed E-state index contributed by atoms with van der Waals surface area (Å²) in [6.45, 7) is 2.83. The van der Waals surface area contributed by atoms with E-state index in [1.807, 2.05) is 18.2 Å². The second kappa shape index (κ2) is 34.4. The van der Waals surface area contributed by atoms with E-state index in [0.29, 0.717) is 31.5 Å². The average molecular weight is 975 g/mol. The molecule has 0 aromatic rings. The molecule has 1 aliphatic carbocycles. The fourth-order valence-corrected chi connectivity index (χ4v) is 8.20. The molecule has 0 aromatic heterocycles. The first-order valence-electron chi connectivity index (χ1n) is 23.3. The summed E-state index contributed by atoms with van der Waals surface area (Å²) in [7, 11) is -10.7. The number of aliphatic hydroxyl groups is 4. The first kappa shape index (κ1) is 59.3. The number of phosphoric ester groups is 2. The monoisotopic (exact) mass is 974 g/mol. The molecule has 1 heterocycles. The third-order valence-corrected chi connectivity index (χ3v) is 11.9. The van der Waals surface area contributed by atoms with Gasteiger partial charge in [-0.25, -0.2) is 9.13 Å². The van der Waals surface area contributed by atoms with E-state index in [1.54, 1.807) is 6.08 Å². The molecule has 7 unspecified atom stereocenters. The zero-order valence-electron chi connectivity index (χ0n) is 38.5. The number of carbonyl (C=O) groups is 2. The van der Waals surface area contributed by atoms with Crippen LogP contribution in [0.2, 0.25) is 0 Å². The van der Waals surface area contributed by atoms with Crippen LogP contribution in [0.15, 0.2) is 85.1 Å². The number of phosphoric acid groups is 2. The number of rotatable bonds is 36. The Morgan fingerprint density at radius 3 is 1.67 bits per heavy atom. The number of unbranched alkanes of at least 4 members (excludes halogenated alkanes) is 6. The third kappa shape index (κ3) is 27.8. The molecular formula is C47H76O17P2. The molecule has 0 aromatic carbocycles. The van der Waals surface area contributed by atoms with Crippen molar-refractivity contribution >= 4 is 27.6 Å². The number of allylic oxidation sites excluding steroid dienone is 12. The van der Waals surface area contributed by atoms with Crippen molar-refractivity contribution in [1.29, 1.82) is 0 Å². The summed E-state index contributed by atoms with van der Waals surface area (Å²) < 4.78 is 54.9. The Balaban J connectivity index is 1.83. The van der Waals surface area contributed by atoms with E-state index in [2.05, 4.69) is 79.1 Å². The van der Waals surface area contributed by atoms with Crippen LogP contribution in [0, 0.1) is 0 Å². The Labute approximate surface area is 390 Å². The lowest BCUT2D eigenvalue weighted by Gasteiger charge is -2.43. The second-order valence-corrected chi connectivity index (χ2v) is 18.7. The molecule has 1 saturated heterocycles. The molecule has 2 rings (SSSR count). The molecule has 10 atom stereocenters. The van der Waals surface area contributed by atoms with Gasteiger partial charge >= 0.3 is 27.6 Å². The number of esters is 2. The fraction of sp³-hybridized carbons (Fsp3) is 0.660. The first-order chi connectivity index (χ1) is 31.6. The highest BCUT2D eigenvalue weighted by Crippen LogP contribution is 2.49. The van der Waals surface area contributed by atoms with Crippen molar-refractivity contribution in [3.63, 3.8) is 0 Å². The number of hydrogen-bond acceptors (Lipinski definition) is 14. The minimum Gasteiger partial charge on any atom is -0.462 e. The van der Waals surface area contributed by atoms with Crippen LogP contribution in [0.25, 0.3) is 0 Å². The van der Waals surface area contributed by atoms with E-state index in [4.69, 9.17) is 33.0 Å². The molecule has 2 aliphatic rings. The van der Waals surface area contributed by atoms with E-state index in [1.165, 1.54) is 0 Å². The summed E-state index contributed by atoms with van der Waals surface area (Å²) in [6, 6.07) is 0. The third-order valence-electron chi connectivity index (χ3n) is 10.3. The van der Waals surface area contributed by atoms with E-state index in [9.17, 15) is 44.0 Å². The van der Waals surface area contributed by atoms with E-state index < -0.39 is 83.5 Å². The molecule has 0 spiro atoms. The minimum atomic E-state index is -5.38. The smallest absolute Gasteiger partial charge is 0.462 e. The van der Waals surface area contributed by atoms with Crippen LogP contribution < -0.4 is 0 Å². The standard InChI is InChI=1S/C47H76O17P2/c1-3-5-7-8-9-10-11-12-16-19-22-25-29-33-40(48)59-35-37(36-60-66(57,58)64-47-44(52)42(50)43(51)46(45(47)53)63-65(54,55)56)61-41(49)34-30-26-23-20-17-14-13-15-18-21-24-28-32-39-38(62-39)31-27-6-4-2/h6-8,10-11,14-15,17-18,23-24,26-28,37-39,42-47,50-53H,3-5,9,12-13,16,19-22,25,29-36H2,1-2H3,(H,57,58)(H2,54,55,56)/b8-7-,11-10-,17-14-,18-15-,26-23-,27-6-,28-24-/t37-,38?,39?,42?,43?,44?,45?,46-,47+/m1/s1. The Bertz CT molecular complexity index is 1670. The molecule has 376 valence electrons. The summed E-state index contributed by atoms with van der Waals surface area (Å²) >= 11 is 0. The lowest BCUT2D eigenvalue weighted by Crippen LogP contribution is -2.64. The SMILES string of the molecule is CC/C=C\CC1OC1C/C=C\C/C=C\C/C=C\C/C=C\CCC(=O)O[C@H](COC(=O)CCCCCCC/C=C\C/C=C\CCC)COP(=O)(O)O[C@H]1C(O)C(O)C(O)[C@@H](OP(=O)(O)O)C1O. The normalized spacial score (nSPS) is 25.3.